The van der Waals surface area contributed by atoms with Crippen molar-refractivity contribution in [3.63, 3.8) is 0 Å². The van der Waals surface area contributed by atoms with Crippen molar-refractivity contribution < 1.29 is 9.53 Å². The van der Waals surface area contributed by atoms with Crippen LogP contribution in [-0.4, -0.2) is 11.9 Å². The van der Waals surface area contributed by atoms with Crippen molar-refractivity contribution in [3.05, 3.63) is 72.9 Å². The monoisotopic (exact) mass is 443 g/mol. The van der Waals surface area contributed by atoms with Crippen LogP contribution in [0, 0.1) is 3.57 Å². The molecule has 0 aromatic heterocycles. The van der Waals surface area contributed by atoms with E-state index in [4.69, 9.17) is 27.9 Å². The number of halogens is 3. The summed E-state index contributed by atoms with van der Waals surface area (Å²) in [6, 6.07) is 12.6. The number of ether oxygens (including phenoxy) is 1. The van der Waals surface area contributed by atoms with E-state index in [2.05, 4.69) is 27.6 Å². The summed E-state index contributed by atoms with van der Waals surface area (Å²) in [4.78, 5) is 16.2. The highest BCUT2D eigenvalue weighted by molar-refractivity contribution is 14.1. The molecule has 0 bridgehead atoms. The molecular formula is C16H8Cl2INO2. The molecule has 1 aliphatic heterocycles. The molecule has 3 rings (SSSR count). The first-order valence-corrected chi connectivity index (χ1v) is 8.10. The van der Waals surface area contributed by atoms with Gasteiger partial charge < -0.3 is 4.74 Å². The summed E-state index contributed by atoms with van der Waals surface area (Å²) in [5.74, 6) is -0.317. The van der Waals surface area contributed by atoms with Gasteiger partial charge in [0, 0.05) is 8.59 Å². The molecule has 2 aromatic carbocycles. The summed E-state index contributed by atoms with van der Waals surface area (Å²) >= 11 is 14.2. The Balaban J connectivity index is 1.96. The van der Waals surface area contributed by atoms with Crippen LogP contribution in [0.2, 0.25) is 10.0 Å². The standard InChI is InChI=1S/C16H8Cl2INO2/c17-10-3-6-12(13(18)8-10)15-20-14(16(21)22-15)7-9-1-4-11(19)5-2-9/h1-8H. The van der Waals surface area contributed by atoms with Crippen molar-refractivity contribution in [2.45, 2.75) is 0 Å². The lowest BCUT2D eigenvalue weighted by molar-refractivity contribution is -0.129. The van der Waals surface area contributed by atoms with Gasteiger partial charge in [-0.05, 0) is 64.6 Å². The molecule has 0 aliphatic carbocycles. The summed E-state index contributed by atoms with van der Waals surface area (Å²) < 4.78 is 6.31. The molecule has 0 spiro atoms. The molecule has 0 atom stereocenters. The molecule has 0 fully saturated rings. The highest BCUT2D eigenvalue weighted by Crippen LogP contribution is 2.26. The molecule has 3 nitrogen and oxygen atoms in total. The average molecular weight is 444 g/mol. The molecule has 1 aliphatic rings. The Morgan fingerprint density at radius 3 is 2.50 bits per heavy atom. The second kappa shape index (κ2) is 6.40. The third-order valence-electron chi connectivity index (χ3n) is 2.96. The minimum atomic E-state index is -0.500. The lowest BCUT2D eigenvalue weighted by Crippen LogP contribution is -2.05. The molecule has 1 heterocycles. The zero-order valence-corrected chi connectivity index (χ0v) is 14.7. The number of aliphatic imine (C=N–C) groups is 1. The number of benzene rings is 2. The van der Waals surface area contributed by atoms with Crippen LogP contribution in [0.4, 0.5) is 0 Å². The van der Waals surface area contributed by atoms with Crippen LogP contribution in [0.25, 0.3) is 6.08 Å². The van der Waals surface area contributed by atoms with Gasteiger partial charge in [-0.2, -0.15) is 0 Å². The van der Waals surface area contributed by atoms with E-state index in [0.29, 0.717) is 15.6 Å². The Labute approximate surface area is 150 Å². The molecule has 0 saturated carbocycles. The van der Waals surface area contributed by atoms with Gasteiger partial charge in [-0.3, -0.25) is 0 Å². The van der Waals surface area contributed by atoms with Gasteiger partial charge in [0.15, 0.2) is 5.70 Å². The molecule has 0 saturated heterocycles. The van der Waals surface area contributed by atoms with E-state index < -0.39 is 5.97 Å². The maximum absolute atomic E-state index is 11.9. The van der Waals surface area contributed by atoms with Crippen molar-refractivity contribution in [2.75, 3.05) is 0 Å². The van der Waals surface area contributed by atoms with Crippen LogP contribution < -0.4 is 0 Å². The normalized spacial score (nSPS) is 15.9. The zero-order valence-electron chi connectivity index (χ0n) is 11.0. The quantitative estimate of drug-likeness (QED) is 0.374. The third kappa shape index (κ3) is 3.34. The first-order valence-electron chi connectivity index (χ1n) is 6.26. The second-order valence-electron chi connectivity index (χ2n) is 4.51. The number of nitrogens with zero attached hydrogens (tertiary/aromatic N) is 1. The predicted molar refractivity (Wildman–Crippen MR) is 96.2 cm³/mol. The largest absolute Gasteiger partial charge is 0.402 e. The van der Waals surface area contributed by atoms with E-state index in [1.54, 1.807) is 24.3 Å². The van der Waals surface area contributed by atoms with E-state index in [1.807, 2.05) is 24.3 Å². The number of carbonyl (C=O) groups excluding carboxylic acids is 1. The minimum Gasteiger partial charge on any atom is -0.402 e. The molecular weight excluding hydrogens is 436 g/mol. The Hall–Kier alpha value is -1.37. The zero-order chi connectivity index (χ0) is 15.7. The van der Waals surface area contributed by atoms with Crippen molar-refractivity contribution >= 4 is 63.7 Å². The molecule has 0 N–H and O–H groups in total. The summed E-state index contributed by atoms with van der Waals surface area (Å²) in [7, 11) is 0. The van der Waals surface area contributed by atoms with Gasteiger partial charge in [0.25, 0.3) is 0 Å². The average Bonchev–Trinajstić information content (AvgIpc) is 2.82. The summed E-state index contributed by atoms with van der Waals surface area (Å²) in [5, 5.41) is 0.892. The maximum atomic E-state index is 11.9. The number of hydrogen-bond donors (Lipinski definition) is 0. The lowest BCUT2D eigenvalue weighted by atomic mass is 10.2. The lowest BCUT2D eigenvalue weighted by Gasteiger charge is -2.02. The van der Waals surface area contributed by atoms with Crippen LogP contribution in [-0.2, 0) is 9.53 Å². The second-order valence-corrected chi connectivity index (χ2v) is 6.60. The predicted octanol–water partition coefficient (Wildman–Crippen LogP) is 4.94. The van der Waals surface area contributed by atoms with Gasteiger partial charge in [0.2, 0.25) is 5.90 Å². The fourth-order valence-electron chi connectivity index (χ4n) is 1.90. The highest BCUT2D eigenvalue weighted by Gasteiger charge is 2.25. The van der Waals surface area contributed by atoms with E-state index in [0.717, 1.165) is 9.13 Å². The summed E-state index contributed by atoms with van der Waals surface area (Å²) in [6.45, 7) is 0. The SMILES string of the molecule is O=C1OC(c2ccc(Cl)cc2Cl)=NC1=Cc1ccc(I)cc1. The van der Waals surface area contributed by atoms with Crippen molar-refractivity contribution in [3.8, 4) is 0 Å². The Bertz CT molecular complexity index is 813. The van der Waals surface area contributed by atoms with Crippen LogP contribution >= 0.6 is 45.8 Å². The van der Waals surface area contributed by atoms with Crippen LogP contribution in [0.15, 0.2) is 53.2 Å². The van der Waals surface area contributed by atoms with Crippen molar-refractivity contribution in [1.82, 2.24) is 0 Å². The third-order valence-corrected chi connectivity index (χ3v) is 4.22. The molecule has 22 heavy (non-hydrogen) atoms. The number of cyclic esters (lactones) is 1. The van der Waals surface area contributed by atoms with Crippen LogP contribution in [0.3, 0.4) is 0 Å². The van der Waals surface area contributed by atoms with Gasteiger partial charge in [0.1, 0.15) is 0 Å². The number of esters is 1. The van der Waals surface area contributed by atoms with E-state index in [-0.39, 0.29) is 11.6 Å². The number of carbonyl (C=O) groups is 1. The van der Waals surface area contributed by atoms with Crippen molar-refractivity contribution in [1.29, 1.82) is 0 Å². The summed E-state index contributed by atoms with van der Waals surface area (Å²) in [6.07, 6.45) is 1.68. The van der Waals surface area contributed by atoms with Gasteiger partial charge in [-0.15, -0.1) is 0 Å². The fourth-order valence-corrected chi connectivity index (χ4v) is 2.75. The van der Waals surface area contributed by atoms with Crippen LogP contribution in [0.5, 0.6) is 0 Å². The molecule has 0 radical (unpaired) electrons. The minimum absolute atomic E-state index is 0.184. The van der Waals surface area contributed by atoms with E-state index in [9.17, 15) is 4.79 Å². The van der Waals surface area contributed by atoms with Crippen LogP contribution in [0.1, 0.15) is 11.1 Å². The molecule has 0 amide bonds. The molecule has 6 heteroatoms. The highest BCUT2D eigenvalue weighted by atomic mass is 127. The Morgan fingerprint density at radius 2 is 1.82 bits per heavy atom. The fraction of sp³-hybridized carbons (Fsp3) is 0. The molecule has 0 unspecified atom stereocenters. The van der Waals surface area contributed by atoms with Gasteiger partial charge >= 0.3 is 5.97 Å². The Kier molecular flexibility index (Phi) is 4.52. The first kappa shape index (κ1) is 15.5. The van der Waals surface area contributed by atoms with Gasteiger partial charge in [0.05, 0.1) is 10.6 Å². The van der Waals surface area contributed by atoms with Gasteiger partial charge in [-0.1, -0.05) is 35.3 Å². The Morgan fingerprint density at radius 1 is 1.09 bits per heavy atom. The molecule has 2 aromatic rings. The topological polar surface area (TPSA) is 38.7 Å². The maximum Gasteiger partial charge on any atom is 0.363 e. The van der Waals surface area contributed by atoms with E-state index >= 15 is 0 Å². The van der Waals surface area contributed by atoms with E-state index in [1.165, 1.54) is 0 Å². The van der Waals surface area contributed by atoms with Gasteiger partial charge in [-0.25, -0.2) is 9.79 Å². The van der Waals surface area contributed by atoms with Crippen molar-refractivity contribution in [2.24, 2.45) is 4.99 Å². The smallest absolute Gasteiger partial charge is 0.363 e. The number of rotatable bonds is 2. The first-order chi connectivity index (χ1) is 10.5. The molecule has 110 valence electrons. The summed E-state index contributed by atoms with van der Waals surface area (Å²) in [5.41, 5.74) is 1.65. The number of hydrogen-bond acceptors (Lipinski definition) is 3.